The fraction of sp³-hybridized carbons (Fsp3) is 0.250. The number of fused-ring (bicyclic) bond motifs is 4. The summed E-state index contributed by atoms with van der Waals surface area (Å²) in [5.74, 6) is 0. The van der Waals surface area contributed by atoms with Crippen LogP contribution < -0.4 is 5.32 Å². The molecule has 0 unspecified atom stereocenters. The summed E-state index contributed by atoms with van der Waals surface area (Å²) in [7, 11) is -1.53. The lowest BCUT2D eigenvalue weighted by Crippen LogP contribution is -2.41. The van der Waals surface area contributed by atoms with Crippen molar-refractivity contribution in [1.29, 1.82) is 0 Å². The van der Waals surface area contributed by atoms with Crippen LogP contribution in [-0.4, -0.2) is 18.0 Å². The van der Waals surface area contributed by atoms with Crippen LogP contribution in [0, 0.1) is 0 Å². The van der Waals surface area contributed by atoms with E-state index in [4.69, 9.17) is 9.97 Å². The van der Waals surface area contributed by atoms with E-state index >= 15 is 0 Å². The van der Waals surface area contributed by atoms with Gasteiger partial charge in [0.2, 0.25) is 0 Å². The normalized spacial score (nSPS) is 15.1. The Balaban J connectivity index is 1.99. The highest BCUT2D eigenvalue weighted by atomic mass is 28.3. The summed E-state index contributed by atoms with van der Waals surface area (Å²) in [4.78, 5) is 9.89. The molecule has 0 spiro atoms. The van der Waals surface area contributed by atoms with Crippen molar-refractivity contribution >= 4 is 35.1 Å². The summed E-state index contributed by atoms with van der Waals surface area (Å²) < 4.78 is 0. The fourth-order valence-corrected chi connectivity index (χ4v) is 5.57. The smallest absolute Gasteiger partial charge is 0.101 e. The predicted octanol–water partition coefficient (Wildman–Crippen LogP) is 5.63. The lowest BCUT2D eigenvalue weighted by atomic mass is 9.69. The van der Waals surface area contributed by atoms with Gasteiger partial charge in [0, 0.05) is 27.9 Å². The Labute approximate surface area is 161 Å². The monoisotopic (exact) mass is 368 g/mol. The number of hydrogen-bond donors (Lipinski definition) is 0. The molecule has 0 fully saturated rings. The van der Waals surface area contributed by atoms with E-state index in [-0.39, 0.29) is 5.41 Å². The number of hydrogen-bond acceptors (Lipinski definition) is 2. The third-order valence-corrected chi connectivity index (χ3v) is 7.76. The number of benzene rings is 2. The van der Waals surface area contributed by atoms with Crippen LogP contribution in [0.15, 0.2) is 54.7 Å². The second kappa shape index (κ2) is 5.26. The van der Waals surface area contributed by atoms with Crippen molar-refractivity contribution in [2.75, 3.05) is 0 Å². The Morgan fingerprint density at radius 2 is 1.70 bits per heavy atom. The molecule has 0 radical (unpaired) electrons. The van der Waals surface area contributed by atoms with Crippen molar-refractivity contribution in [2.45, 2.75) is 38.9 Å². The zero-order chi connectivity index (χ0) is 19.0. The molecule has 2 aromatic carbocycles. The minimum atomic E-state index is -1.53. The van der Waals surface area contributed by atoms with Crippen LogP contribution >= 0.6 is 0 Å². The minimum Gasteiger partial charge on any atom is -0.257 e. The van der Waals surface area contributed by atoms with Crippen LogP contribution in [0.1, 0.15) is 25.0 Å². The molecule has 0 aliphatic heterocycles. The average molecular weight is 369 g/mol. The molecular formula is C24H24N2Si. The van der Waals surface area contributed by atoms with E-state index in [9.17, 15) is 0 Å². The van der Waals surface area contributed by atoms with E-state index < -0.39 is 8.07 Å². The summed E-state index contributed by atoms with van der Waals surface area (Å²) >= 11 is 0. The first kappa shape index (κ1) is 16.6. The van der Waals surface area contributed by atoms with Gasteiger partial charge in [-0.25, -0.2) is 0 Å². The molecule has 0 amide bonds. The maximum Gasteiger partial charge on any atom is 0.101 e. The topological polar surface area (TPSA) is 25.8 Å². The van der Waals surface area contributed by atoms with Gasteiger partial charge in [0.1, 0.15) is 8.07 Å². The Bertz CT molecular complexity index is 1230. The van der Waals surface area contributed by atoms with E-state index in [1.54, 1.807) is 0 Å². The molecule has 2 heterocycles. The van der Waals surface area contributed by atoms with Gasteiger partial charge in [-0.15, -0.1) is 0 Å². The van der Waals surface area contributed by atoms with Crippen LogP contribution in [0.25, 0.3) is 32.9 Å². The summed E-state index contributed by atoms with van der Waals surface area (Å²) in [5, 5.41) is 5.13. The lowest BCUT2D eigenvalue weighted by molar-refractivity contribution is 0.650. The van der Waals surface area contributed by atoms with E-state index in [2.05, 4.69) is 82.0 Å². The molecule has 5 rings (SSSR count). The van der Waals surface area contributed by atoms with Crippen LogP contribution in [0.4, 0.5) is 0 Å². The molecule has 4 aromatic rings. The zero-order valence-electron chi connectivity index (χ0n) is 16.6. The summed E-state index contributed by atoms with van der Waals surface area (Å²) in [6.45, 7) is 11.8. The van der Waals surface area contributed by atoms with E-state index in [0.29, 0.717) is 0 Å². The van der Waals surface area contributed by atoms with Crippen molar-refractivity contribution in [2.24, 2.45) is 0 Å². The first-order valence-corrected chi connectivity index (χ1v) is 13.1. The summed E-state index contributed by atoms with van der Waals surface area (Å²) in [6.07, 6.45) is 1.92. The molecule has 1 aliphatic carbocycles. The second-order valence-corrected chi connectivity index (χ2v) is 14.2. The van der Waals surface area contributed by atoms with Crippen molar-refractivity contribution in [3.63, 3.8) is 0 Å². The summed E-state index contributed by atoms with van der Waals surface area (Å²) in [6, 6.07) is 17.6. The van der Waals surface area contributed by atoms with Gasteiger partial charge >= 0.3 is 0 Å². The molecule has 2 aromatic heterocycles. The van der Waals surface area contributed by atoms with Gasteiger partial charge in [-0.2, -0.15) is 0 Å². The van der Waals surface area contributed by atoms with E-state index in [1.807, 2.05) is 6.20 Å². The minimum absolute atomic E-state index is 0.0954. The predicted molar refractivity (Wildman–Crippen MR) is 118 cm³/mol. The third kappa shape index (κ3) is 2.24. The van der Waals surface area contributed by atoms with Crippen molar-refractivity contribution in [1.82, 2.24) is 9.97 Å². The number of aromatic nitrogens is 2. The molecule has 0 saturated carbocycles. The van der Waals surface area contributed by atoms with Gasteiger partial charge in [0.05, 0.1) is 11.2 Å². The van der Waals surface area contributed by atoms with Crippen LogP contribution in [0.3, 0.4) is 0 Å². The van der Waals surface area contributed by atoms with Gasteiger partial charge in [0.15, 0.2) is 0 Å². The number of nitrogens with zero attached hydrogens (tertiary/aromatic N) is 2. The van der Waals surface area contributed by atoms with Gasteiger partial charge in [-0.3, -0.25) is 9.97 Å². The highest BCUT2D eigenvalue weighted by Crippen LogP contribution is 2.49. The van der Waals surface area contributed by atoms with Crippen molar-refractivity contribution in [3.05, 3.63) is 65.9 Å². The Kier molecular flexibility index (Phi) is 3.24. The van der Waals surface area contributed by atoms with E-state index in [0.717, 1.165) is 11.2 Å². The average Bonchev–Trinajstić information content (AvgIpc) is 2.64. The first-order chi connectivity index (χ1) is 12.8. The molecule has 0 atom stereocenters. The molecular weight excluding hydrogens is 344 g/mol. The Hall–Kier alpha value is -2.52. The fourth-order valence-electron chi connectivity index (χ4n) is 4.54. The molecule has 0 saturated heterocycles. The lowest BCUT2D eigenvalue weighted by Gasteiger charge is -2.36. The quantitative estimate of drug-likeness (QED) is 0.407. The SMILES string of the molecule is CC1(C)c2c(ccc3ccccc23)-c2nccc3nc([Si](C)(C)C)cc1c23. The Morgan fingerprint density at radius 3 is 2.48 bits per heavy atom. The molecule has 27 heavy (non-hydrogen) atoms. The second-order valence-electron chi connectivity index (χ2n) is 9.19. The first-order valence-electron chi connectivity index (χ1n) is 9.62. The number of pyridine rings is 2. The van der Waals surface area contributed by atoms with E-state index in [1.165, 1.54) is 38.2 Å². The molecule has 0 bridgehead atoms. The molecule has 2 nitrogen and oxygen atoms in total. The van der Waals surface area contributed by atoms with Crippen LogP contribution in [0.2, 0.25) is 19.6 Å². The van der Waals surface area contributed by atoms with Gasteiger partial charge in [-0.05, 0) is 34.0 Å². The largest absolute Gasteiger partial charge is 0.257 e. The van der Waals surface area contributed by atoms with Gasteiger partial charge in [0.25, 0.3) is 0 Å². The summed E-state index contributed by atoms with van der Waals surface area (Å²) in [5.41, 5.74) is 6.08. The molecule has 0 N–H and O–H groups in total. The zero-order valence-corrected chi connectivity index (χ0v) is 17.6. The number of rotatable bonds is 1. The third-order valence-electron chi connectivity index (χ3n) is 5.97. The van der Waals surface area contributed by atoms with Crippen LogP contribution in [-0.2, 0) is 5.41 Å². The Morgan fingerprint density at radius 1 is 0.926 bits per heavy atom. The highest BCUT2D eigenvalue weighted by molar-refractivity contribution is 6.88. The molecule has 134 valence electrons. The highest BCUT2D eigenvalue weighted by Gasteiger charge is 2.37. The van der Waals surface area contributed by atoms with Gasteiger partial charge < -0.3 is 0 Å². The standard InChI is InChI=1S/C24H24N2Si/c1-24(2)18-14-20(27(3,4)5)26-19-12-13-25-23(21(18)19)17-11-10-15-8-6-7-9-16(15)22(17)24/h6-14H,1-5H3. The van der Waals surface area contributed by atoms with Crippen molar-refractivity contribution in [3.8, 4) is 11.3 Å². The van der Waals surface area contributed by atoms with Crippen molar-refractivity contribution < 1.29 is 0 Å². The molecule has 3 heteroatoms. The maximum absolute atomic E-state index is 5.07. The van der Waals surface area contributed by atoms with Gasteiger partial charge in [-0.1, -0.05) is 69.9 Å². The maximum atomic E-state index is 5.07. The molecule has 1 aliphatic rings. The van der Waals surface area contributed by atoms with Crippen LogP contribution in [0.5, 0.6) is 0 Å².